The second-order valence-electron chi connectivity index (χ2n) is 9.45. The van der Waals surface area contributed by atoms with E-state index in [0.717, 1.165) is 25.2 Å². The van der Waals surface area contributed by atoms with Gasteiger partial charge in [-0.2, -0.15) is 0 Å². The van der Waals surface area contributed by atoms with Gasteiger partial charge in [0.1, 0.15) is 11.5 Å². The Hall–Kier alpha value is -3.10. The minimum atomic E-state index is -0.223. The van der Waals surface area contributed by atoms with Crippen LogP contribution in [0.2, 0.25) is 0 Å². The fourth-order valence-electron chi connectivity index (χ4n) is 4.44. The highest BCUT2D eigenvalue weighted by Gasteiger charge is 2.24. The molecule has 3 N–H and O–H groups in total. The zero-order valence-corrected chi connectivity index (χ0v) is 19.7. The second-order valence-corrected chi connectivity index (χ2v) is 9.45. The van der Waals surface area contributed by atoms with E-state index in [-0.39, 0.29) is 23.4 Å². The van der Waals surface area contributed by atoms with Gasteiger partial charge in [-0.3, -0.25) is 9.47 Å². The molecule has 1 unspecified atom stereocenters. The van der Waals surface area contributed by atoms with Crippen LogP contribution in [-0.2, 0) is 13.1 Å². The number of nitrogens with zero attached hydrogens (tertiary/aromatic N) is 5. The largest absolute Gasteiger partial charge is 0.508 e. The first-order chi connectivity index (χ1) is 15.7. The highest BCUT2D eigenvalue weighted by Crippen LogP contribution is 2.38. The van der Waals surface area contributed by atoms with Crippen LogP contribution < -0.4 is 0 Å². The van der Waals surface area contributed by atoms with Crippen molar-refractivity contribution in [1.29, 1.82) is 0 Å². The zero-order valence-electron chi connectivity index (χ0n) is 19.7. The lowest BCUT2D eigenvalue weighted by molar-refractivity contribution is 0.264. The molecule has 0 saturated carbocycles. The summed E-state index contributed by atoms with van der Waals surface area (Å²) >= 11 is 0. The van der Waals surface area contributed by atoms with Crippen LogP contribution in [0.1, 0.15) is 42.9 Å². The molecule has 8 heteroatoms. The van der Waals surface area contributed by atoms with Crippen molar-refractivity contribution in [1.82, 2.24) is 24.6 Å². The van der Waals surface area contributed by atoms with E-state index in [4.69, 9.17) is 0 Å². The molecule has 4 rings (SSSR count). The number of benzene rings is 2. The molecule has 3 aromatic rings. The van der Waals surface area contributed by atoms with E-state index >= 15 is 0 Å². The van der Waals surface area contributed by atoms with Gasteiger partial charge in [0.2, 0.25) is 0 Å². The van der Waals surface area contributed by atoms with Crippen molar-refractivity contribution in [2.45, 2.75) is 45.3 Å². The van der Waals surface area contributed by atoms with Gasteiger partial charge in [0.15, 0.2) is 5.82 Å². The summed E-state index contributed by atoms with van der Waals surface area (Å²) in [5.74, 6) is 0.336. The van der Waals surface area contributed by atoms with Crippen LogP contribution in [0.4, 0.5) is 0 Å². The molecule has 8 nitrogen and oxygen atoms in total. The average molecular weight is 452 g/mol. The number of phenolic OH excluding ortho intramolecular Hbond substituents is 2. The summed E-state index contributed by atoms with van der Waals surface area (Å²) < 4.78 is 1.56. The van der Waals surface area contributed by atoms with Gasteiger partial charge >= 0.3 is 6.01 Å². The summed E-state index contributed by atoms with van der Waals surface area (Å²) in [6.07, 6.45) is 1.20. The highest BCUT2D eigenvalue weighted by molar-refractivity contribution is 5.68. The van der Waals surface area contributed by atoms with E-state index in [0.29, 0.717) is 29.5 Å². The fourth-order valence-corrected chi connectivity index (χ4v) is 4.44. The number of aromatic nitrogens is 3. The molecule has 1 atom stereocenters. The number of hydrogen-bond acceptors (Lipinski definition) is 7. The van der Waals surface area contributed by atoms with Gasteiger partial charge in [-0.05, 0) is 49.2 Å². The van der Waals surface area contributed by atoms with Crippen molar-refractivity contribution in [3.05, 3.63) is 53.1 Å². The van der Waals surface area contributed by atoms with Crippen molar-refractivity contribution in [3.63, 3.8) is 0 Å². The van der Waals surface area contributed by atoms with E-state index in [1.807, 2.05) is 26.0 Å². The minimum Gasteiger partial charge on any atom is -0.508 e. The Morgan fingerprint density at radius 2 is 1.64 bits per heavy atom. The number of hydrogen-bond donors (Lipinski definition) is 3. The van der Waals surface area contributed by atoms with E-state index in [9.17, 15) is 15.3 Å². The van der Waals surface area contributed by atoms with Crippen LogP contribution in [0, 0.1) is 0 Å². The summed E-state index contributed by atoms with van der Waals surface area (Å²) in [7, 11) is 4.28. The third-order valence-electron chi connectivity index (χ3n) is 6.49. The third kappa shape index (κ3) is 4.96. The smallest absolute Gasteiger partial charge is 0.315 e. The Kier molecular flexibility index (Phi) is 6.58. The van der Waals surface area contributed by atoms with Crippen LogP contribution in [0.5, 0.6) is 17.5 Å². The zero-order chi connectivity index (χ0) is 23.7. The lowest BCUT2D eigenvalue weighted by atomic mass is 9.98. The Labute approximate surface area is 194 Å². The number of aromatic hydroxyl groups is 3. The molecule has 0 spiro atoms. The first kappa shape index (κ1) is 23.1. The van der Waals surface area contributed by atoms with Crippen LogP contribution in [0.15, 0.2) is 36.4 Å². The van der Waals surface area contributed by atoms with Crippen LogP contribution in [0.25, 0.3) is 11.4 Å². The topological polar surface area (TPSA) is 97.9 Å². The molecule has 0 amide bonds. The fraction of sp³-hybridized carbons (Fsp3) is 0.440. The molecule has 1 fully saturated rings. The maximum absolute atomic E-state index is 10.4. The molecule has 0 radical (unpaired) electrons. The van der Waals surface area contributed by atoms with Crippen molar-refractivity contribution < 1.29 is 15.3 Å². The molecule has 0 bridgehead atoms. The maximum atomic E-state index is 10.4. The molecule has 1 aliphatic rings. The predicted molar refractivity (Wildman–Crippen MR) is 127 cm³/mol. The highest BCUT2D eigenvalue weighted by atomic mass is 16.3. The summed E-state index contributed by atoms with van der Waals surface area (Å²) in [6.45, 7) is 7.40. The lowest BCUT2D eigenvalue weighted by Gasteiger charge is -2.20. The second kappa shape index (κ2) is 9.41. The van der Waals surface area contributed by atoms with Crippen LogP contribution in [-0.4, -0.2) is 73.1 Å². The van der Waals surface area contributed by atoms with Gasteiger partial charge in [-0.1, -0.05) is 43.2 Å². The summed E-state index contributed by atoms with van der Waals surface area (Å²) in [6, 6.07) is 11.8. The first-order valence-electron chi connectivity index (χ1n) is 11.4. The Morgan fingerprint density at radius 1 is 0.970 bits per heavy atom. The van der Waals surface area contributed by atoms with Gasteiger partial charge in [0, 0.05) is 31.7 Å². The molecular formula is C25H33N5O3. The van der Waals surface area contributed by atoms with E-state index in [1.54, 1.807) is 10.6 Å². The SMILES string of the molecule is CC(C)c1cc(-c2nnc(O)n2Cc2ccc(CN3CCC(N(C)C)C3)cc2)c(O)cc1O. The van der Waals surface area contributed by atoms with Crippen molar-refractivity contribution in [2.24, 2.45) is 0 Å². The Balaban J connectivity index is 1.52. The molecular weight excluding hydrogens is 418 g/mol. The normalized spacial score (nSPS) is 16.8. The number of rotatable bonds is 7. The molecule has 0 aliphatic carbocycles. The molecule has 176 valence electrons. The average Bonchev–Trinajstić information content (AvgIpc) is 3.37. The van der Waals surface area contributed by atoms with Crippen molar-refractivity contribution in [2.75, 3.05) is 27.2 Å². The van der Waals surface area contributed by atoms with E-state index in [2.05, 4.69) is 46.2 Å². The molecule has 1 aromatic heterocycles. The van der Waals surface area contributed by atoms with Gasteiger partial charge in [-0.15, -0.1) is 5.10 Å². The monoisotopic (exact) mass is 451 g/mol. The number of likely N-dealkylation sites (tertiary alicyclic amines) is 1. The van der Waals surface area contributed by atoms with Gasteiger partial charge in [0.05, 0.1) is 12.1 Å². The van der Waals surface area contributed by atoms with E-state index < -0.39 is 0 Å². The van der Waals surface area contributed by atoms with Crippen LogP contribution >= 0.6 is 0 Å². The van der Waals surface area contributed by atoms with Crippen LogP contribution in [0.3, 0.4) is 0 Å². The Morgan fingerprint density at radius 3 is 2.24 bits per heavy atom. The van der Waals surface area contributed by atoms with Gasteiger partial charge in [0.25, 0.3) is 0 Å². The quantitative estimate of drug-likeness (QED) is 0.507. The summed E-state index contributed by atoms with van der Waals surface area (Å²) in [4.78, 5) is 4.77. The minimum absolute atomic E-state index is 0.0343. The van der Waals surface area contributed by atoms with Gasteiger partial charge in [-0.25, -0.2) is 0 Å². The predicted octanol–water partition coefficient (Wildman–Crippen LogP) is 3.37. The number of phenols is 2. The summed E-state index contributed by atoms with van der Waals surface area (Å²) in [5, 5.41) is 38.8. The molecule has 33 heavy (non-hydrogen) atoms. The molecule has 2 heterocycles. The maximum Gasteiger partial charge on any atom is 0.315 e. The number of likely N-dealkylation sites (N-methyl/N-ethyl adjacent to an activating group) is 1. The molecule has 1 saturated heterocycles. The molecule has 1 aliphatic heterocycles. The first-order valence-corrected chi connectivity index (χ1v) is 11.4. The van der Waals surface area contributed by atoms with E-state index in [1.165, 1.54) is 18.1 Å². The van der Waals surface area contributed by atoms with Gasteiger partial charge < -0.3 is 20.2 Å². The standard InChI is InChI=1S/C25H33N5O3/c1-16(2)20-11-21(23(32)12-22(20)31)24-26-27-25(33)30(24)14-18-7-5-17(6-8-18)13-29-10-9-19(15-29)28(3)4/h5-8,11-12,16,19,31-32H,9-10,13-15H2,1-4H3,(H,27,33). The summed E-state index contributed by atoms with van der Waals surface area (Å²) in [5.41, 5.74) is 3.36. The third-order valence-corrected chi connectivity index (χ3v) is 6.49. The molecule has 2 aromatic carbocycles. The van der Waals surface area contributed by atoms with Crippen molar-refractivity contribution in [3.8, 4) is 28.9 Å². The van der Waals surface area contributed by atoms with Crippen molar-refractivity contribution >= 4 is 0 Å². The Bertz CT molecular complexity index is 1110. The lowest BCUT2D eigenvalue weighted by Crippen LogP contribution is -2.31.